The smallest absolute Gasteiger partial charge is 0.258 e. The molecule has 1 aromatic rings. The van der Waals surface area contributed by atoms with Crippen LogP contribution in [0.25, 0.3) is 0 Å². The molecule has 0 aliphatic heterocycles. The van der Waals surface area contributed by atoms with Gasteiger partial charge in [0.1, 0.15) is 5.15 Å². The van der Waals surface area contributed by atoms with E-state index in [1.54, 1.807) is 11.9 Å². The summed E-state index contributed by atoms with van der Waals surface area (Å²) in [5.74, 6) is 0.648. The molecule has 5 heteroatoms. The topological polar surface area (TPSA) is 38.1 Å². The van der Waals surface area contributed by atoms with Crippen molar-refractivity contribution in [1.82, 2.24) is 14.7 Å². The van der Waals surface area contributed by atoms with E-state index >= 15 is 0 Å². The quantitative estimate of drug-likeness (QED) is 0.786. The zero-order chi connectivity index (χ0) is 11.0. The highest BCUT2D eigenvalue weighted by Gasteiger charge is 2.26. The second-order valence-electron chi connectivity index (χ2n) is 4.10. The van der Waals surface area contributed by atoms with Gasteiger partial charge in [-0.3, -0.25) is 9.48 Å². The van der Waals surface area contributed by atoms with Gasteiger partial charge in [0.05, 0.1) is 11.8 Å². The molecule has 0 aromatic carbocycles. The van der Waals surface area contributed by atoms with E-state index in [1.165, 1.54) is 23.7 Å². The van der Waals surface area contributed by atoms with Gasteiger partial charge in [-0.2, -0.15) is 5.10 Å². The zero-order valence-corrected chi connectivity index (χ0v) is 9.66. The van der Waals surface area contributed by atoms with E-state index in [9.17, 15) is 4.79 Å². The van der Waals surface area contributed by atoms with E-state index in [2.05, 4.69) is 5.10 Å². The molecule has 0 spiro atoms. The molecule has 1 saturated carbocycles. The third kappa shape index (κ3) is 2.15. The van der Waals surface area contributed by atoms with Crippen LogP contribution in [0.4, 0.5) is 0 Å². The van der Waals surface area contributed by atoms with Gasteiger partial charge in [-0.05, 0) is 18.8 Å². The summed E-state index contributed by atoms with van der Waals surface area (Å²) in [7, 11) is 3.53. The van der Waals surface area contributed by atoms with Crippen molar-refractivity contribution in [3.8, 4) is 0 Å². The van der Waals surface area contributed by atoms with Gasteiger partial charge in [0.2, 0.25) is 0 Å². The number of aromatic nitrogens is 2. The van der Waals surface area contributed by atoms with Gasteiger partial charge in [0.25, 0.3) is 5.91 Å². The summed E-state index contributed by atoms with van der Waals surface area (Å²) in [6, 6.07) is 0. The van der Waals surface area contributed by atoms with Crippen molar-refractivity contribution in [3.05, 3.63) is 16.9 Å². The first-order chi connectivity index (χ1) is 7.09. The summed E-state index contributed by atoms with van der Waals surface area (Å²) in [4.78, 5) is 13.7. The zero-order valence-electron chi connectivity index (χ0n) is 8.90. The van der Waals surface area contributed by atoms with Gasteiger partial charge < -0.3 is 4.90 Å². The Morgan fingerprint density at radius 2 is 2.40 bits per heavy atom. The Labute approximate surface area is 93.8 Å². The van der Waals surface area contributed by atoms with Crippen LogP contribution in [0.3, 0.4) is 0 Å². The number of hydrogen-bond donors (Lipinski definition) is 0. The first-order valence-corrected chi connectivity index (χ1v) is 5.40. The van der Waals surface area contributed by atoms with Gasteiger partial charge in [-0.1, -0.05) is 11.6 Å². The Hall–Kier alpha value is -1.03. The van der Waals surface area contributed by atoms with E-state index < -0.39 is 0 Å². The fourth-order valence-corrected chi connectivity index (χ4v) is 1.72. The SMILES string of the molecule is CN(CC1CC1)C(=O)c1cnn(C)c1Cl. The highest BCUT2D eigenvalue weighted by Crippen LogP contribution is 2.30. The number of halogens is 1. The van der Waals surface area contributed by atoms with E-state index in [-0.39, 0.29) is 5.91 Å². The first-order valence-electron chi connectivity index (χ1n) is 5.02. The molecule has 0 bridgehead atoms. The van der Waals surface area contributed by atoms with Crippen molar-refractivity contribution >= 4 is 17.5 Å². The second-order valence-corrected chi connectivity index (χ2v) is 4.46. The number of carbonyl (C=O) groups is 1. The van der Waals surface area contributed by atoms with Crippen molar-refractivity contribution in [1.29, 1.82) is 0 Å². The molecular formula is C10H14ClN3O. The maximum Gasteiger partial charge on any atom is 0.258 e. The van der Waals surface area contributed by atoms with E-state index in [1.807, 2.05) is 7.05 Å². The third-order valence-electron chi connectivity index (χ3n) is 2.67. The summed E-state index contributed by atoms with van der Waals surface area (Å²) >= 11 is 5.95. The lowest BCUT2D eigenvalue weighted by Crippen LogP contribution is -2.28. The van der Waals surface area contributed by atoms with E-state index in [0.717, 1.165) is 6.54 Å². The predicted molar refractivity (Wildman–Crippen MR) is 57.9 cm³/mol. The van der Waals surface area contributed by atoms with Crippen molar-refractivity contribution in [2.75, 3.05) is 13.6 Å². The molecule has 1 aliphatic rings. The average molecular weight is 228 g/mol. The Morgan fingerprint density at radius 1 is 1.73 bits per heavy atom. The fraction of sp³-hybridized carbons (Fsp3) is 0.600. The van der Waals surface area contributed by atoms with Gasteiger partial charge in [-0.15, -0.1) is 0 Å². The lowest BCUT2D eigenvalue weighted by atomic mass is 10.3. The van der Waals surface area contributed by atoms with Crippen LogP contribution in [0.1, 0.15) is 23.2 Å². The Balaban J connectivity index is 2.08. The lowest BCUT2D eigenvalue weighted by molar-refractivity contribution is 0.0789. The highest BCUT2D eigenvalue weighted by molar-refractivity contribution is 6.32. The summed E-state index contributed by atoms with van der Waals surface area (Å²) in [5, 5.41) is 4.36. The van der Waals surface area contributed by atoms with Gasteiger partial charge in [-0.25, -0.2) is 0 Å². The summed E-state index contributed by atoms with van der Waals surface area (Å²) in [6.07, 6.45) is 3.99. The number of carbonyl (C=O) groups excluding carboxylic acids is 1. The molecule has 2 rings (SSSR count). The number of hydrogen-bond acceptors (Lipinski definition) is 2. The molecule has 1 aromatic heterocycles. The Bertz CT molecular complexity index is 384. The van der Waals surface area contributed by atoms with Gasteiger partial charge >= 0.3 is 0 Å². The molecule has 1 heterocycles. The van der Waals surface area contributed by atoms with Crippen LogP contribution >= 0.6 is 11.6 Å². The first kappa shape index (κ1) is 10.5. The maximum atomic E-state index is 11.9. The van der Waals surface area contributed by atoms with Crippen LogP contribution < -0.4 is 0 Å². The van der Waals surface area contributed by atoms with Crippen molar-refractivity contribution < 1.29 is 4.79 Å². The summed E-state index contributed by atoms with van der Waals surface area (Å²) < 4.78 is 1.50. The van der Waals surface area contributed by atoms with Gasteiger partial charge in [0.15, 0.2) is 0 Å². The molecule has 1 amide bonds. The number of nitrogens with zero attached hydrogens (tertiary/aromatic N) is 3. The molecular weight excluding hydrogens is 214 g/mol. The Morgan fingerprint density at radius 3 is 2.87 bits per heavy atom. The summed E-state index contributed by atoms with van der Waals surface area (Å²) in [5.41, 5.74) is 0.488. The van der Waals surface area contributed by atoms with Crippen molar-refractivity contribution in [2.45, 2.75) is 12.8 Å². The van der Waals surface area contributed by atoms with Crippen LogP contribution in [0.15, 0.2) is 6.20 Å². The number of aryl methyl sites for hydroxylation is 1. The van der Waals surface area contributed by atoms with Crippen LogP contribution in [0.2, 0.25) is 5.15 Å². The Kier molecular flexibility index (Phi) is 2.69. The molecule has 82 valence electrons. The highest BCUT2D eigenvalue weighted by atomic mass is 35.5. The van der Waals surface area contributed by atoms with Crippen LogP contribution in [0.5, 0.6) is 0 Å². The number of amides is 1. The minimum absolute atomic E-state index is 0.0417. The molecule has 0 radical (unpaired) electrons. The van der Waals surface area contributed by atoms with E-state index in [4.69, 9.17) is 11.6 Å². The van der Waals surface area contributed by atoms with Crippen molar-refractivity contribution in [2.24, 2.45) is 13.0 Å². The molecule has 0 atom stereocenters. The largest absolute Gasteiger partial charge is 0.341 e. The monoisotopic (exact) mass is 227 g/mol. The normalized spacial score (nSPS) is 15.4. The van der Waals surface area contributed by atoms with E-state index in [0.29, 0.717) is 16.6 Å². The lowest BCUT2D eigenvalue weighted by Gasteiger charge is -2.15. The molecule has 1 aliphatic carbocycles. The minimum Gasteiger partial charge on any atom is -0.341 e. The van der Waals surface area contributed by atoms with Crippen molar-refractivity contribution in [3.63, 3.8) is 0 Å². The van der Waals surface area contributed by atoms with Crippen LogP contribution in [0, 0.1) is 5.92 Å². The maximum absolute atomic E-state index is 11.9. The molecule has 0 saturated heterocycles. The molecule has 4 nitrogen and oxygen atoms in total. The molecule has 1 fully saturated rings. The standard InChI is InChI=1S/C10H14ClN3O/c1-13(6-7-3-4-7)10(15)8-5-12-14(2)9(8)11/h5,7H,3-4,6H2,1-2H3. The summed E-state index contributed by atoms with van der Waals surface area (Å²) in [6.45, 7) is 0.823. The second kappa shape index (κ2) is 3.85. The average Bonchev–Trinajstić information content (AvgIpc) is 2.95. The predicted octanol–water partition coefficient (Wildman–Crippen LogP) is 1.56. The molecule has 15 heavy (non-hydrogen) atoms. The fourth-order valence-electron chi connectivity index (χ4n) is 1.54. The molecule has 0 unspecified atom stereocenters. The minimum atomic E-state index is -0.0417. The number of rotatable bonds is 3. The van der Waals surface area contributed by atoms with Crippen LogP contribution in [-0.2, 0) is 7.05 Å². The third-order valence-corrected chi connectivity index (χ3v) is 3.12. The van der Waals surface area contributed by atoms with Gasteiger partial charge in [0, 0.05) is 20.6 Å². The molecule has 0 N–H and O–H groups in total. The van der Waals surface area contributed by atoms with Crippen LogP contribution in [-0.4, -0.2) is 34.2 Å².